The number of piperazine rings is 1. The highest BCUT2D eigenvalue weighted by Crippen LogP contribution is 2.18. The third kappa shape index (κ3) is 2.10. The number of hydrogen-bond donors (Lipinski definition) is 1. The number of benzene rings is 1. The van der Waals surface area contributed by atoms with E-state index in [0.29, 0.717) is 10.7 Å². The van der Waals surface area contributed by atoms with Crippen LogP contribution < -0.4 is 10.2 Å². The third-order valence-corrected chi connectivity index (χ3v) is 2.43. The minimum Gasteiger partial charge on any atom is -0.345 e. The predicted molar refractivity (Wildman–Crippen MR) is 56.8 cm³/mol. The van der Waals surface area contributed by atoms with Gasteiger partial charge in [-0.2, -0.15) is 0 Å². The molecule has 15 heavy (non-hydrogen) atoms. The van der Waals surface area contributed by atoms with Crippen LogP contribution in [-0.4, -0.2) is 24.9 Å². The minimum atomic E-state index is -0.149. The number of hydrogen-bond acceptors (Lipinski definition) is 2. The number of halogens is 1. The van der Waals surface area contributed by atoms with Crippen molar-refractivity contribution in [2.75, 3.05) is 18.0 Å². The Kier molecular flexibility index (Phi) is 2.60. The number of nitrogens with one attached hydrogen (secondary N) is 1. The predicted octanol–water partition coefficient (Wildman–Crippen LogP) is 0.803. The van der Waals surface area contributed by atoms with Gasteiger partial charge in [0.05, 0.1) is 6.54 Å². The summed E-state index contributed by atoms with van der Waals surface area (Å²) in [4.78, 5) is 24.1. The van der Waals surface area contributed by atoms with Crippen LogP contribution in [0.2, 0.25) is 5.02 Å². The molecule has 2 rings (SSSR count). The van der Waals surface area contributed by atoms with Crippen LogP contribution in [0.25, 0.3) is 0 Å². The Morgan fingerprint density at radius 2 is 1.87 bits per heavy atom. The van der Waals surface area contributed by atoms with Crippen LogP contribution in [0.1, 0.15) is 0 Å². The van der Waals surface area contributed by atoms with Gasteiger partial charge >= 0.3 is 0 Å². The molecule has 0 radical (unpaired) electrons. The Balaban J connectivity index is 2.25. The summed E-state index contributed by atoms with van der Waals surface area (Å²) in [5.74, 6) is -0.263. The molecule has 0 bridgehead atoms. The summed E-state index contributed by atoms with van der Waals surface area (Å²) in [6, 6.07) is 6.82. The van der Waals surface area contributed by atoms with Gasteiger partial charge in [-0.25, -0.2) is 0 Å². The lowest BCUT2D eigenvalue weighted by atomic mass is 10.2. The maximum atomic E-state index is 11.5. The van der Waals surface area contributed by atoms with Crippen LogP contribution in [0.5, 0.6) is 0 Å². The molecule has 0 unspecified atom stereocenters. The molecule has 1 heterocycles. The Labute approximate surface area is 91.8 Å². The van der Waals surface area contributed by atoms with E-state index in [1.54, 1.807) is 24.3 Å². The van der Waals surface area contributed by atoms with Crippen molar-refractivity contribution in [2.24, 2.45) is 0 Å². The van der Waals surface area contributed by atoms with Crippen molar-refractivity contribution in [3.05, 3.63) is 29.3 Å². The average Bonchev–Trinajstić information content (AvgIpc) is 2.23. The molecule has 0 spiro atoms. The molecule has 1 fully saturated rings. The molecule has 0 aromatic heterocycles. The highest BCUT2D eigenvalue weighted by atomic mass is 35.5. The van der Waals surface area contributed by atoms with E-state index in [-0.39, 0.29) is 24.9 Å². The first-order valence-corrected chi connectivity index (χ1v) is 4.87. The van der Waals surface area contributed by atoms with Crippen molar-refractivity contribution in [1.82, 2.24) is 5.32 Å². The number of carbonyl (C=O) groups excluding carboxylic acids is 2. The molecule has 0 saturated carbocycles. The van der Waals surface area contributed by atoms with Gasteiger partial charge in [-0.05, 0) is 24.3 Å². The van der Waals surface area contributed by atoms with E-state index in [1.165, 1.54) is 4.90 Å². The molecule has 1 aromatic carbocycles. The van der Waals surface area contributed by atoms with Crippen LogP contribution >= 0.6 is 11.6 Å². The van der Waals surface area contributed by atoms with E-state index >= 15 is 0 Å². The number of nitrogens with zero attached hydrogens (tertiary/aromatic N) is 1. The van der Waals surface area contributed by atoms with E-state index in [1.807, 2.05) is 0 Å². The first-order valence-electron chi connectivity index (χ1n) is 4.49. The summed E-state index contributed by atoms with van der Waals surface area (Å²) in [6.07, 6.45) is 0. The van der Waals surface area contributed by atoms with Crippen molar-refractivity contribution >= 4 is 29.1 Å². The van der Waals surface area contributed by atoms with E-state index < -0.39 is 0 Å². The van der Waals surface area contributed by atoms with Gasteiger partial charge in [0.15, 0.2) is 0 Å². The fraction of sp³-hybridized carbons (Fsp3) is 0.200. The van der Waals surface area contributed by atoms with Gasteiger partial charge in [0.2, 0.25) is 11.8 Å². The Bertz CT molecular complexity index is 402. The number of anilines is 1. The van der Waals surface area contributed by atoms with Crippen molar-refractivity contribution in [1.29, 1.82) is 0 Å². The van der Waals surface area contributed by atoms with Crippen LogP contribution in [0.3, 0.4) is 0 Å². The van der Waals surface area contributed by atoms with E-state index in [0.717, 1.165) is 0 Å². The summed E-state index contributed by atoms with van der Waals surface area (Å²) in [5.41, 5.74) is 0.694. The molecule has 2 amide bonds. The second kappa shape index (κ2) is 3.90. The molecule has 0 atom stereocenters. The quantitative estimate of drug-likeness (QED) is 0.767. The lowest BCUT2D eigenvalue weighted by Crippen LogP contribution is -2.51. The van der Waals surface area contributed by atoms with Crippen LogP contribution in [-0.2, 0) is 9.59 Å². The van der Waals surface area contributed by atoms with Gasteiger partial charge in [0.25, 0.3) is 0 Å². The second-order valence-corrected chi connectivity index (χ2v) is 3.67. The molecule has 1 aliphatic heterocycles. The van der Waals surface area contributed by atoms with Gasteiger partial charge in [-0.15, -0.1) is 0 Å². The number of rotatable bonds is 1. The Morgan fingerprint density at radius 1 is 1.20 bits per heavy atom. The number of amides is 2. The first kappa shape index (κ1) is 9.98. The van der Waals surface area contributed by atoms with Crippen LogP contribution in [0.4, 0.5) is 5.69 Å². The summed E-state index contributed by atoms with van der Waals surface area (Å²) in [7, 11) is 0. The second-order valence-electron chi connectivity index (χ2n) is 3.23. The van der Waals surface area contributed by atoms with Crippen molar-refractivity contribution in [3.8, 4) is 0 Å². The van der Waals surface area contributed by atoms with Gasteiger partial charge in [0.1, 0.15) is 6.54 Å². The lowest BCUT2D eigenvalue weighted by molar-refractivity contribution is -0.128. The highest BCUT2D eigenvalue weighted by molar-refractivity contribution is 6.30. The summed E-state index contributed by atoms with van der Waals surface area (Å²) in [6.45, 7) is 0.127. The maximum absolute atomic E-state index is 11.5. The number of carbonyl (C=O) groups is 2. The van der Waals surface area contributed by atoms with E-state index in [9.17, 15) is 9.59 Å². The standard InChI is InChI=1S/C10H9ClN2O2/c11-7-1-3-8(4-2-7)13-6-9(14)12-5-10(13)15/h1-4H,5-6H2,(H,12,14). The Hall–Kier alpha value is -1.55. The van der Waals surface area contributed by atoms with Crippen molar-refractivity contribution < 1.29 is 9.59 Å². The van der Waals surface area contributed by atoms with Gasteiger partial charge in [-0.1, -0.05) is 11.6 Å². The highest BCUT2D eigenvalue weighted by Gasteiger charge is 2.23. The van der Waals surface area contributed by atoms with Gasteiger partial charge in [-0.3, -0.25) is 9.59 Å². The molecule has 4 nitrogen and oxygen atoms in total. The zero-order chi connectivity index (χ0) is 10.8. The molecule has 1 aliphatic rings. The van der Waals surface area contributed by atoms with E-state index in [2.05, 4.69) is 5.32 Å². The molecule has 0 aliphatic carbocycles. The van der Waals surface area contributed by atoms with Crippen molar-refractivity contribution in [2.45, 2.75) is 0 Å². The molecular weight excluding hydrogens is 216 g/mol. The topological polar surface area (TPSA) is 49.4 Å². The van der Waals surface area contributed by atoms with Crippen molar-refractivity contribution in [3.63, 3.8) is 0 Å². The first-order chi connectivity index (χ1) is 7.16. The summed E-state index contributed by atoms with van der Waals surface area (Å²) >= 11 is 5.73. The maximum Gasteiger partial charge on any atom is 0.246 e. The smallest absolute Gasteiger partial charge is 0.246 e. The van der Waals surface area contributed by atoms with Crippen LogP contribution in [0.15, 0.2) is 24.3 Å². The average molecular weight is 225 g/mol. The largest absolute Gasteiger partial charge is 0.345 e. The lowest BCUT2D eigenvalue weighted by Gasteiger charge is -2.26. The monoisotopic (exact) mass is 224 g/mol. The Morgan fingerprint density at radius 3 is 2.53 bits per heavy atom. The zero-order valence-electron chi connectivity index (χ0n) is 7.87. The fourth-order valence-electron chi connectivity index (χ4n) is 1.41. The summed E-state index contributed by atoms with van der Waals surface area (Å²) in [5, 5.41) is 3.09. The molecule has 1 N–H and O–H groups in total. The SMILES string of the molecule is O=C1CN(c2ccc(Cl)cc2)C(=O)CN1. The third-order valence-electron chi connectivity index (χ3n) is 2.18. The molecule has 78 valence electrons. The fourth-order valence-corrected chi connectivity index (χ4v) is 1.54. The van der Waals surface area contributed by atoms with E-state index in [4.69, 9.17) is 11.6 Å². The summed E-state index contributed by atoms with van der Waals surface area (Å²) < 4.78 is 0. The minimum absolute atomic E-state index is 0.0570. The normalized spacial score (nSPS) is 16.5. The molecule has 1 saturated heterocycles. The molecular formula is C10H9ClN2O2. The van der Waals surface area contributed by atoms with Gasteiger partial charge < -0.3 is 10.2 Å². The van der Waals surface area contributed by atoms with Gasteiger partial charge in [0, 0.05) is 10.7 Å². The molecule has 5 heteroatoms. The molecule has 1 aromatic rings. The zero-order valence-corrected chi connectivity index (χ0v) is 8.62. The van der Waals surface area contributed by atoms with Crippen LogP contribution in [0, 0.1) is 0 Å².